The first-order valence-electron chi connectivity index (χ1n) is 8.14. The first-order valence-corrected chi connectivity index (χ1v) is 8.90. The minimum atomic E-state index is -0.665. The van der Waals surface area contributed by atoms with Gasteiger partial charge in [0.2, 0.25) is 5.91 Å². The minimum Gasteiger partial charge on any atom is -0.490 e. The molecule has 2 aromatic rings. The highest BCUT2D eigenvalue weighted by Gasteiger charge is 2.38. The maximum atomic E-state index is 12.8. The topological polar surface area (TPSA) is 58.6 Å². The number of carbonyl (C=O) groups is 2. The van der Waals surface area contributed by atoms with Crippen molar-refractivity contribution in [3.63, 3.8) is 0 Å². The maximum Gasteiger partial charge on any atom is 0.254 e. The van der Waals surface area contributed by atoms with Gasteiger partial charge in [-0.2, -0.15) is 0 Å². The van der Waals surface area contributed by atoms with Crippen molar-refractivity contribution in [1.82, 2.24) is 5.32 Å². The average Bonchev–Trinajstić information content (AvgIpc) is 2.83. The number of hydrogen-bond donors (Lipinski definition) is 1. The summed E-state index contributed by atoms with van der Waals surface area (Å²) < 4.78 is 5.70. The second-order valence-electron chi connectivity index (χ2n) is 6.06. The summed E-state index contributed by atoms with van der Waals surface area (Å²) in [6, 6.07) is 9.99. The zero-order chi connectivity index (χ0) is 18.8. The third-order valence-electron chi connectivity index (χ3n) is 4.18. The maximum absolute atomic E-state index is 12.8. The van der Waals surface area contributed by atoms with Crippen molar-refractivity contribution in [3.05, 3.63) is 57.6 Å². The van der Waals surface area contributed by atoms with Crippen molar-refractivity contribution >= 4 is 40.7 Å². The van der Waals surface area contributed by atoms with Crippen LogP contribution in [-0.4, -0.2) is 25.0 Å². The lowest BCUT2D eigenvalue weighted by Gasteiger charge is -2.20. The second-order valence-corrected chi connectivity index (χ2v) is 6.90. The van der Waals surface area contributed by atoms with E-state index in [1.165, 1.54) is 6.92 Å². The molecule has 0 saturated heterocycles. The van der Waals surface area contributed by atoms with Crippen LogP contribution in [0.3, 0.4) is 0 Å². The molecule has 5 nitrogen and oxygen atoms in total. The number of anilines is 1. The molecule has 0 radical (unpaired) electrons. The van der Waals surface area contributed by atoms with Crippen LogP contribution < -0.4 is 15.0 Å². The Bertz CT molecular complexity index is 870. The fraction of sp³-hybridized carbons (Fsp3) is 0.263. The van der Waals surface area contributed by atoms with E-state index in [1.54, 1.807) is 23.1 Å². The number of nitrogens with zero attached hydrogens (tertiary/aromatic N) is 1. The molecule has 1 atom stereocenters. The van der Waals surface area contributed by atoms with Gasteiger partial charge in [0.15, 0.2) is 0 Å². The van der Waals surface area contributed by atoms with Crippen molar-refractivity contribution in [3.8, 4) is 5.75 Å². The van der Waals surface area contributed by atoms with Gasteiger partial charge in [-0.1, -0.05) is 41.4 Å². The lowest BCUT2D eigenvalue weighted by Crippen LogP contribution is -2.38. The van der Waals surface area contributed by atoms with Gasteiger partial charge in [0, 0.05) is 17.5 Å². The molecule has 1 aliphatic rings. The Balaban J connectivity index is 1.77. The molecular formula is C19H18Cl2N2O3. The number of nitrogens with one attached hydrogen (secondary N) is 1. The lowest BCUT2D eigenvalue weighted by molar-refractivity contribution is -0.126. The molecule has 136 valence electrons. The van der Waals surface area contributed by atoms with E-state index in [9.17, 15) is 9.59 Å². The first kappa shape index (κ1) is 18.5. The molecule has 1 heterocycles. The zero-order valence-corrected chi connectivity index (χ0v) is 15.9. The standard InChI is InChI=1S/C19H18Cl2N2O3/c1-11-4-3-5-14-17(22-12(2)24)19(25)23(18(11)14)8-9-26-16-7-6-13(20)10-15(16)21/h3-7,10,17H,8-9H2,1-2H3,(H,22,24). The first-order chi connectivity index (χ1) is 12.4. The van der Waals surface area contributed by atoms with E-state index in [-0.39, 0.29) is 18.4 Å². The van der Waals surface area contributed by atoms with Crippen LogP contribution in [0.15, 0.2) is 36.4 Å². The fourth-order valence-electron chi connectivity index (χ4n) is 3.09. The molecule has 2 amide bonds. The molecular weight excluding hydrogens is 375 g/mol. The Morgan fingerprint density at radius 3 is 2.73 bits per heavy atom. The highest BCUT2D eigenvalue weighted by Crippen LogP contribution is 2.38. The van der Waals surface area contributed by atoms with Gasteiger partial charge in [0.05, 0.1) is 17.3 Å². The molecule has 7 heteroatoms. The number of benzene rings is 2. The number of rotatable bonds is 5. The number of amides is 2. The van der Waals surface area contributed by atoms with Gasteiger partial charge >= 0.3 is 0 Å². The molecule has 0 spiro atoms. The summed E-state index contributed by atoms with van der Waals surface area (Å²) in [7, 11) is 0. The molecule has 0 aliphatic carbocycles. The summed E-state index contributed by atoms with van der Waals surface area (Å²) in [6.07, 6.45) is 0. The average molecular weight is 393 g/mol. The number of aryl methyl sites for hydroxylation is 1. The van der Waals surface area contributed by atoms with E-state index in [2.05, 4.69) is 5.32 Å². The monoisotopic (exact) mass is 392 g/mol. The van der Waals surface area contributed by atoms with Crippen LogP contribution in [-0.2, 0) is 9.59 Å². The SMILES string of the molecule is CC(=O)NC1C(=O)N(CCOc2ccc(Cl)cc2Cl)c2c(C)cccc21. The molecule has 1 N–H and O–H groups in total. The van der Waals surface area contributed by atoms with Gasteiger partial charge in [-0.05, 0) is 30.7 Å². The molecule has 0 aromatic heterocycles. The molecule has 1 aliphatic heterocycles. The van der Waals surface area contributed by atoms with Crippen LogP contribution in [0.4, 0.5) is 5.69 Å². The van der Waals surface area contributed by atoms with Crippen LogP contribution in [0.2, 0.25) is 10.0 Å². The van der Waals surface area contributed by atoms with Crippen molar-refractivity contribution in [1.29, 1.82) is 0 Å². The van der Waals surface area contributed by atoms with Gasteiger partial charge in [0.1, 0.15) is 18.4 Å². The van der Waals surface area contributed by atoms with E-state index in [4.69, 9.17) is 27.9 Å². The molecule has 3 rings (SSSR count). The molecule has 0 saturated carbocycles. The highest BCUT2D eigenvalue weighted by molar-refractivity contribution is 6.35. The van der Waals surface area contributed by atoms with Crippen molar-refractivity contribution in [2.24, 2.45) is 0 Å². The molecule has 1 unspecified atom stereocenters. The Hall–Kier alpha value is -2.24. The number of fused-ring (bicyclic) bond motifs is 1. The van der Waals surface area contributed by atoms with E-state index in [0.29, 0.717) is 22.3 Å². The van der Waals surface area contributed by atoms with Crippen molar-refractivity contribution in [2.75, 3.05) is 18.1 Å². The van der Waals surface area contributed by atoms with Crippen molar-refractivity contribution in [2.45, 2.75) is 19.9 Å². The van der Waals surface area contributed by atoms with Crippen LogP contribution in [0.1, 0.15) is 24.1 Å². The Kier molecular flexibility index (Phi) is 5.39. The van der Waals surface area contributed by atoms with Gasteiger partial charge in [-0.15, -0.1) is 0 Å². The third kappa shape index (κ3) is 3.64. The summed E-state index contributed by atoms with van der Waals surface area (Å²) in [6.45, 7) is 3.93. The van der Waals surface area contributed by atoms with Crippen molar-refractivity contribution < 1.29 is 14.3 Å². The quantitative estimate of drug-likeness (QED) is 0.838. The lowest BCUT2D eigenvalue weighted by atomic mass is 10.1. The second kappa shape index (κ2) is 7.56. The van der Waals surface area contributed by atoms with Gasteiger partial charge in [-0.25, -0.2) is 0 Å². The zero-order valence-electron chi connectivity index (χ0n) is 14.4. The molecule has 2 aromatic carbocycles. The Labute approximate surface area is 161 Å². The van der Waals surface area contributed by atoms with E-state index in [1.807, 2.05) is 25.1 Å². The van der Waals surface area contributed by atoms with E-state index >= 15 is 0 Å². The minimum absolute atomic E-state index is 0.171. The Morgan fingerprint density at radius 1 is 1.27 bits per heavy atom. The number of para-hydroxylation sites is 1. The highest BCUT2D eigenvalue weighted by atomic mass is 35.5. The number of hydrogen-bond acceptors (Lipinski definition) is 3. The number of halogens is 2. The van der Waals surface area contributed by atoms with Crippen LogP contribution in [0.5, 0.6) is 5.75 Å². The summed E-state index contributed by atoms with van der Waals surface area (Å²) >= 11 is 12.0. The largest absolute Gasteiger partial charge is 0.490 e. The third-order valence-corrected chi connectivity index (χ3v) is 4.71. The van der Waals surface area contributed by atoms with Crippen LogP contribution >= 0.6 is 23.2 Å². The normalized spacial score (nSPS) is 15.8. The fourth-order valence-corrected chi connectivity index (χ4v) is 3.55. The molecule has 0 fully saturated rings. The van der Waals surface area contributed by atoms with Crippen LogP contribution in [0, 0.1) is 6.92 Å². The predicted octanol–water partition coefficient (Wildman–Crippen LogP) is 3.90. The summed E-state index contributed by atoms with van der Waals surface area (Å²) in [5, 5.41) is 3.66. The molecule has 26 heavy (non-hydrogen) atoms. The van der Waals surface area contributed by atoms with Gasteiger partial charge in [0.25, 0.3) is 5.91 Å². The van der Waals surface area contributed by atoms with E-state index in [0.717, 1.165) is 16.8 Å². The summed E-state index contributed by atoms with van der Waals surface area (Å²) in [5.41, 5.74) is 2.59. The van der Waals surface area contributed by atoms with Crippen LogP contribution in [0.25, 0.3) is 0 Å². The summed E-state index contributed by atoms with van der Waals surface area (Å²) in [5.74, 6) is 0.0864. The molecule has 0 bridgehead atoms. The summed E-state index contributed by atoms with van der Waals surface area (Å²) in [4.78, 5) is 25.9. The van der Waals surface area contributed by atoms with Gasteiger partial charge < -0.3 is 15.0 Å². The Morgan fingerprint density at radius 2 is 2.04 bits per heavy atom. The predicted molar refractivity (Wildman–Crippen MR) is 102 cm³/mol. The smallest absolute Gasteiger partial charge is 0.254 e. The van der Waals surface area contributed by atoms with E-state index < -0.39 is 6.04 Å². The number of carbonyl (C=O) groups excluding carboxylic acids is 2. The van der Waals surface area contributed by atoms with Gasteiger partial charge in [-0.3, -0.25) is 9.59 Å². The number of ether oxygens (including phenoxy) is 1.